The highest BCUT2D eigenvalue weighted by molar-refractivity contribution is 6.37. The molecule has 0 bridgehead atoms. The zero-order valence-corrected chi connectivity index (χ0v) is 29.6. The van der Waals surface area contributed by atoms with E-state index in [1.807, 2.05) is 35.2 Å². The van der Waals surface area contributed by atoms with Crippen LogP contribution in [0.2, 0.25) is 15.1 Å². The number of nitrogens with one attached hydrogen (secondary N) is 2. The van der Waals surface area contributed by atoms with E-state index >= 15 is 0 Å². The van der Waals surface area contributed by atoms with E-state index in [0.29, 0.717) is 63.9 Å². The SMILES string of the molecule is COCOC[C@H]1NCCC(c2ccc(OCCOc3c(Cl)cccc3Cl)cc2)=C1C(=O)N(Cc1cc(NC(=O)C2CC2)ccc1Cl)C1CC1. The third-order valence-electron chi connectivity index (χ3n) is 8.73. The molecular formula is C37H40Cl3N3O6. The first kappa shape index (κ1) is 35.5. The highest BCUT2D eigenvalue weighted by Gasteiger charge is 2.39. The minimum Gasteiger partial charge on any atom is -0.490 e. The van der Waals surface area contributed by atoms with E-state index in [0.717, 1.165) is 42.4 Å². The Morgan fingerprint density at radius 2 is 1.65 bits per heavy atom. The Bertz CT molecular complexity index is 1660. The normalized spacial score (nSPS) is 17.5. The quantitative estimate of drug-likeness (QED) is 0.117. The lowest BCUT2D eigenvalue weighted by Gasteiger charge is -2.33. The van der Waals surface area contributed by atoms with Gasteiger partial charge in [-0.15, -0.1) is 0 Å². The average molecular weight is 729 g/mol. The first-order valence-corrected chi connectivity index (χ1v) is 17.7. The minimum atomic E-state index is -0.336. The van der Waals surface area contributed by atoms with Gasteiger partial charge in [-0.25, -0.2) is 0 Å². The van der Waals surface area contributed by atoms with Crippen LogP contribution in [0.5, 0.6) is 11.5 Å². The first-order valence-electron chi connectivity index (χ1n) is 16.6. The van der Waals surface area contributed by atoms with Crippen molar-refractivity contribution < 1.29 is 28.5 Å². The molecule has 3 aromatic rings. The Morgan fingerprint density at radius 1 is 0.918 bits per heavy atom. The highest BCUT2D eigenvalue weighted by Crippen LogP contribution is 2.37. The molecule has 0 radical (unpaired) electrons. The fourth-order valence-electron chi connectivity index (χ4n) is 5.92. The van der Waals surface area contributed by atoms with Crippen molar-refractivity contribution in [1.82, 2.24) is 10.2 Å². The summed E-state index contributed by atoms with van der Waals surface area (Å²) in [6.45, 7) is 1.96. The summed E-state index contributed by atoms with van der Waals surface area (Å²) in [4.78, 5) is 29.0. The molecule has 6 rings (SSSR count). The van der Waals surface area contributed by atoms with E-state index in [4.69, 9.17) is 53.8 Å². The fraction of sp³-hybridized carbons (Fsp3) is 0.405. The second kappa shape index (κ2) is 16.6. The Labute approximate surface area is 301 Å². The summed E-state index contributed by atoms with van der Waals surface area (Å²) in [6.07, 6.45) is 4.34. The van der Waals surface area contributed by atoms with Crippen LogP contribution in [0.1, 0.15) is 43.2 Å². The van der Waals surface area contributed by atoms with Gasteiger partial charge in [0.25, 0.3) is 5.91 Å². The lowest BCUT2D eigenvalue weighted by atomic mass is 9.88. The predicted molar refractivity (Wildman–Crippen MR) is 191 cm³/mol. The fourth-order valence-corrected chi connectivity index (χ4v) is 6.60. The second-order valence-corrected chi connectivity index (χ2v) is 13.7. The number of methoxy groups -OCH3 is 1. The third-order valence-corrected chi connectivity index (χ3v) is 9.69. The summed E-state index contributed by atoms with van der Waals surface area (Å²) < 4.78 is 22.6. The van der Waals surface area contributed by atoms with Gasteiger partial charge in [0, 0.05) is 41.9 Å². The number of nitrogens with zero attached hydrogens (tertiary/aromatic N) is 1. The number of anilines is 1. The smallest absolute Gasteiger partial charge is 0.252 e. The third kappa shape index (κ3) is 9.28. The first-order chi connectivity index (χ1) is 23.8. The molecule has 2 saturated carbocycles. The Kier molecular flexibility index (Phi) is 12.0. The van der Waals surface area contributed by atoms with Crippen molar-refractivity contribution in [2.75, 3.05) is 45.6 Å². The van der Waals surface area contributed by atoms with Crippen molar-refractivity contribution in [1.29, 1.82) is 0 Å². The molecule has 0 aromatic heterocycles. The van der Waals surface area contributed by atoms with Crippen molar-refractivity contribution in [2.24, 2.45) is 5.92 Å². The molecule has 0 unspecified atom stereocenters. The molecule has 0 saturated heterocycles. The molecule has 1 heterocycles. The number of halogens is 3. The molecule has 9 nitrogen and oxygen atoms in total. The lowest BCUT2D eigenvalue weighted by molar-refractivity contribution is -0.129. The number of amides is 2. The van der Waals surface area contributed by atoms with Gasteiger partial charge in [0.05, 0.1) is 22.7 Å². The van der Waals surface area contributed by atoms with E-state index in [1.165, 1.54) is 0 Å². The van der Waals surface area contributed by atoms with E-state index < -0.39 is 0 Å². The van der Waals surface area contributed by atoms with Crippen LogP contribution in [0, 0.1) is 5.92 Å². The zero-order valence-electron chi connectivity index (χ0n) is 27.3. The number of ether oxygens (including phenoxy) is 4. The molecule has 49 heavy (non-hydrogen) atoms. The van der Waals surface area contributed by atoms with Gasteiger partial charge in [-0.3, -0.25) is 9.59 Å². The van der Waals surface area contributed by atoms with Gasteiger partial charge in [0.1, 0.15) is 25.8 Å². The number of rotatable bonds is 16. The van der Waals surface area contributed by atoms with Crippen LogP contribution < -0.4 is 20.1 Å². The molecule has 0 spiro atoms. The van der Waals surface area contributed by atoms with Crippen LogP contribution in [0.15, 0.2) is 66.2 Å². The standard InChI is InChI=1S/C37H40Cl3N3O6/c1-46-22-47-21-33-34(37(45)43(27-10-11-27)20-25-19-26(9-14-30(25)38)42-36(44)24-5-6-24)29(15-16-41-33)23-7-12-28(13-8-23)48-17-18-49-35-31(39)3-2-4-32(35)40/h2-4,7-9,12-14,19,24,27,33,41H,5-6,10-11,15-18,20-22H2,1H3,(H,42,44)/t33-/m1/s1. The van der Waals surface area contributed by atoms with E-state index in [-0.39, 0.29) is 49.8 Å². The molecule has 2 N–H and O–H groups in total. The highest BCUT2D eigenvalue weighted by atomic mass is 35.5. The van der Waals surface area contributed by atoms with Gasteiger partial charge in [0.2, 0.25) is 5.91 Å². The Hall–Kier alpha value is -3.31. The van der Waals surface area contributed by atoms with Gasteiger partial charge in [-0.05, 0) is 97.8 Å². The number of para-hydroxylation sites is 1. The molecule has 3 aromatic carbocycles. The van der Waals surface area contributed by atoms with E-state index in [1.54, 1.807) is 37.4 Å². The molecule has 260 valence electrons. The van der Waals surface area contributed by atoms with Gasteiger partial charge in [-0.2, -0.15) is 0 Å². The van der Waals surface area contributed by atoms with E-state index in [9.17, 15) is 9.59 Å². The van der Waals surface area contributed by atoms with Crippen LogP contribution in [0.25, 0.3) is 5.57 Å². The number of benzene rings is 3. The summed E-state index contributed by atoms with van der Waals surface area (Å²) in [5, 5.41) is 7.93. The van der Waals surface area contributed by atoms with Gasteiger partial charge in [0.15, 0.2) is 5.75 Å². The van der Waals surface area contributed by atoms with Crippen molar-refractivity contribution in [3.05, 3.63) is 92.4 Å². The molecule has 3 aliphatic rings. The van der Waals surface area contributed by atoms with Gasteiger partial charge < -0.3 is 34.5 Å². The van der Waals surface area contributed by atoms with Crippen molar-refractivity contribution in [3.63, 3.8) is 0 Å². The zero-order chi connectivity index (χ0) is 34.3. The summed E-state index contributed by atoms with van der Waals surface area (Å²) in [5.41, 5.74) is 4.04. The Balaban J connectivity index is 1.21. The predicted octanol–water partition coefficient (Wildman–Crippen LogP) is 7.38. The summed E-state index contributed by atoms with van der Waals surface area (Å²) in [6, 6.07) is 18.2. The molecule has 2 amide bonds. The maximum Gasteiger partial charge on any atom is 0.252 e. The van der Waals surface area contributed by atoms with Crippen LogP contribution >= 0.6 is 34.8 Å². The van der Waals surface area contributed by atoms with Crippen LogP contribution in [0.3, 0.4) is 0 Å². The summed E-state index contributed by atoms with van der Waals surface area (Å²) in [7, 11) is 1.57. The topological polar surface area (TPSA) is 98.4 Å². The van der Waals surface area contributed by atoms with Crippen molar-refractivity contribution >= 4 is 57.9 Å². The monoisotopic (exact) mass is 727 g/mol. The van der Waals surface area contributed by atoms with Gasteiger partial charge >= 0.3 is 0 Å². The van der Waals surface area contributed by atoms with E-state index in [2.05, 4.69) is 10.6 Å². The largest absolute Gasteiger partial charge is 0.490 e. The maximum atomic E-state index is 14.7. The van der Waals surface area contributed by atoms with Crippen LogP contribution in [-0.2, 0) is 25.6 Å². The summed E-state index contributed by atoms with van der Waals surface area (Å²) >= 11 is 19.1. The second-order valence-electron chi connectivity index (χ2n) is 12.4. The number of carbonyl (C=O) groups is 2. The molecule has 1 aliphatic heterocycles. The Morgan fingerprint density at radius 3 is 2.35 bits per heavy atom. The number of carbonyl (C=O) groups excluding carboxylic acids is 2. The number of hydrogen-bond acceptors (Lipinski definition) is 7. The molecular weight excluding hydrogens is 689 g/mol. The lowest BCUT2D eigenvalue weighted by Crippen LogP contribution is -2.47. The minimum absolute atomic E-state index is 0.0251. The molecule has 1 atom stereocenters. The van der Waals surface area contributed by atoms with Crippen LogP contribution in [0.4, 0.5) is 5.69 Å². The number of hydrogen-bond donors (Lipinski definition) is 2. The van der Waals surface area contributed by atoms with Crippen molar-refractivity contribution in [2.45, 2.75) is 50.7 Å². The molecule has 2 fully saturated rings. The average Bonchev–Trinajstić information content (AvgIpc) is 4.02. The van der Waals surface area contributed by atoms with Crippen LogP contribution in [-0.4, -0.2) is 69.1 Å². The molecule has 2 aliphatic carbocycles. The maximum absolute atomic E-state index is 14.7. The van der Waals surface area contributed by atoms with Gasteiger partial charge in [-0.1, -0.05) is 53.0 Å². The van der Waals surface area contributed by atoms with Crippen molar-refractivity contribution in [3.8, 4) is 11.5 Å². The summed E-state index contributed by atoms with van der Waals surface area (Å²) in [5.74, 6) is 1.15. The molecule has 12 heteroatoms.